The molecule has 5 heteroatoms. The van der Waals surface area contributed by atoms with Crippen molar-refractivity contribution in [3.8, 4) is 0 Å². The third-order valence-corrected chi connectivity index (χ3v) is 2.43. The van der Waals surface area contributed by atoms with E-state index in [1.807, 2.05) is 13.0 Å². The number of hydrogen-bond acceptors (Lipinski definition) is 5. The van der Waals surface area contributed by atoms with E-state index in [0.717, 1.165) is 0 Å². The number of nitrogens with one attached hydrogen (secondary N) is 1. The van der Waals surface area contributed by atoms with Crippen LogP contribution in [-0.2, 0) is 14.3 Å². The number of aliphatic hydroxyl groups excluding tert-OH is 1. The number of carbonyl (C=O) groups excluding carboxylic acids is 1. The van der Waals surface area contributed by atoms with Gasteiger partial charge in [-0.15, -0.1) is 0 Å². The summed E-state index contributed by atoms with van der Waals surface area (Å²) >= 11 is 0. The van der Waals surface area contributed by atoms with Gasteiger partial charge in [-0.05, 0) is 12.8 Å². The topological polar surface area (TPSA) is 67.8 Å². The van der Waals surface area contributed by atoms with E-state index in [0.29, 0.717) is 31.6 Å². The molecule has 5 nitrogen and oxygen atoms in total. The fourth-order valence-corrected chi connectivity index (χ4v) is 1.45. The molecule has 2 N–H and O–H groups in total. The van der Waals surface area contributed by atoms with Gasteiger partial charge in [0.2, 0.25) is 0 Å². The Morgan fingerprint density at radius 2 is 2.18 bits per heavy atom. The van der Waals surface area contributed by atoms with Gasteiger partial charge in [-0.2, -0.15) is 0 Å². The Labute approximate surface area is 103 Å². The minimum atomic E-state index is -0.292. The number of ether oxygens (including phenoxy) is 2. The van der Waals surface area contributed by atoms with Gasteiger partial charge in [-0.3, -0.25) is 0 Å². The quantitative estimate of drug-likeness (QED) is 0.457. The Bertz CT molecular complexity index is 235. The van der Waals surface area contributed by atoms with Gasteiger partial charge in [0.15, 0.2) is 0 Å². The van der Waals surface area contributed by atoms with Gasteiger partial charge in [0.05, 0.1) is 13.7 Å². The molecule has 0 aromatic rings. The molecule has 0 aliphatic rings. The van der Waals surface area contributed by atoms with Crippen LogP contribution in [0.5, 0.6) is 0 Å². The molecular formula is C12H23NO4. The van der Waals surface area contributed by atoms with Gasteiger partial charge in [0.1, 0.15) is 0 Å². The van der Waals surface area contributed by atoms with Crippen molar-refractivity contribution in [1.29, 1.82) is 0 Å². The lowest BCUT2D eigenvalue weighted by molar-refractivity contribution is -0.136. The summed E-state index contributed by atoms with van der Waals surface area (Å²) in [5.41, 5.74) is 0.653. The van der Waals surface area contributed by atoms with Crippen LogP contribution in [0, 0.1) is 0 Å². The van der Waals surface area contributed by atoms with Crippen molar-refractivity contribution in [3.05, 3.63) is 11.6 Å². The highest BCUT2D eigenvalue weighted by Crippen LogP contribution is 2.02. The third kappa shape index (κ3) is 7.10. The lowest BCUT2D eigenvalue weighted by atomic mass is 10.2. The lowest BCUT2D eigenvalue weighted by Gasteiger charge is -2.15. The molecule has 0 aromatic carbocycles. The Hall–Kier alpha value is -0.910. The first-order chi connectivity index (χ1) is 8.19. The number of esters is 1. The predicted octanol–water partition coefficient (Wildman–Crippen LogP) is 0.483. The summed E-state index contributed by atoms with van der Waals surface area (Å²) in [6, 6.07) is 0.0944. The average molecular weight is 245 g/mol. The van der Waals surface area contributed by atoms with Gasteiger partial charge in [0.25, 0.3) is 0 Å². The monoisotopic (exact) mass is 245 g/mol. The highest BCUT2D eigenvalue weighted by molar-refractivity contribution is 5.88. The van der Waals surface area contributed by atoms with E-state index >= 15 is 0 Å². The molecule has 0 aliphatic heterocycles. The maximum absolute atomic E-state index is 11.3. The molecule has 17 heavy (non-hydrogen) atoms. The number of hydrogen-bond donors (Lipinski definition) is 2. The van der Waals surface area contributed by atoms with Crippen molar-refractivity contribution in [3.63, 3.8) is 0 Å². The molecular weight excluding hydrogens is 222 g/mol. The molecule has 0 amide bonds. The van der Waals surface area contributed by atoms with Crippen LogP contribution in [0.25, 0.3) is 0 Å². The zero-order valence-electron chi connectivity index (χ0n) is 10.9. The molecule has 0 rings (SSSR count). The van der Waals surface area contributed by atoms with Gasteiger partial charge >= 0.3 is 5.97 Å². The van der Waals surface area contributed by atoms with Crippen molar-refractivity contribution >= 4 is 5.97 Å². The van der Waals surface area contributed by atoms with Crippen molar-refractivity contribution in [2.75, 3.05) is 34.0 Å². The molecule has 0 fully saturated rings. The van der Waals surface area contributed by atoms with Crippen LogP contribution in [0.15, 0.2) is 11.6 Å². The summed E-state index contributed by atoms with van der Waals surface area (Å²) in [6.45, 7) is 3.12. The standard InChI is InChI=1S/C12H23NO4/c1-4-10(12(15)17-3)5-7-13-11(6-8-14)9-16-2/h5,11,13-14H,4,6-9H2,1-3H3. The maximum atomic E-state index is 11.3. The van der Waals surface area contributed by atoms with Gasteiger partial charge in [-0.1, -0.05) is 13.0 Å². The molecule has 0 saturated heterocycles. The molecule has 0 aromatic heterocycles. The second-order valence-electron chi connectivity index (χ2n) is 3.65. The number of carbonyl (C=O) groups is 1. The van der Waals surface area contributed by atoms with E-state index in [1.165, 1.54) is 7.11 Å². The molecule has 0 bridgehead atoms. The normalized spacial score (nSPS) is 13.5. The van der Waals surface area contributed by atoms with E-state index in [9.17, 15) is 4.79 Å². The highest BCUT2D eigenvalue weighted by Gasteiger charge is 2.08. The van der Waals surface area contributed by atoms with Gasteiger partial charge < -0.3 is 19.9 Å². The van der Waals surface area contributed by atoms with Crippen molar-refractivity contribution in [2.45, 2.75) is 25.8 Å². The van der Waals surface area contributed by atoms with Gasteiger partial charge in [-0.25, -0.2) is 4.79 Å². The number of methoxy groups -OCH3 is 2. The van der Waals surface area contributed by atoms with Crippen LogP contribution in [0.3, 0.4) is 0 Å². The zero-order chi connectivity index (χ0) is 13.1. The summed E-state index contributed by atoms with van der Waals surface area (Å²) in [7, 11) is 2.99. The Kier molecular flexibility index (Phi) is 9.71. The van der Waals surface area contributed by atoms with E-state index in [4.69, 9.17) is 9.84 Å². The van der Waals surface area contributed by atoms with Crippen molar-refractivity contribution in [2.24, 2.45) is 0 Å². The molecule has 0 heterocycles. The predicted molar refractivity (Wildman–Crippen MR) is 65.8 cm³/mol. The number of rotatable bonds is 9. The lowest BCUT2D eigenvalue weighted by Crippen LogP contribution is -2.34. The smallest absolute Gasteiger partial charge is 0.333 e. The van der Waals surface area contributed by atoms with Crippen LogP contribution < -0.4 is 5.32 Å². The van der Waals surface area contributed by atoms with E-state index < -0.39 is 0 Å². The van der Waals surface area contributed by atoms with E-state index in [-0.39, 0.29) is 18.6 Å². The van der Waals surface area contributed by atoms with Crippen molar-refractivity contribution in [1.82, 2.24) is 5.32 Å². The van der Waals surface area contributed by atoms with Crippen LogP contribution in [-0.4, -0.2) is 51.1 Å². The molecule has 100 valence electrons. The Balaban J connectivity index is 4.13. The number of aliphatic hydroxyl groups is 1. The summed E-state index contributed by atoms with van der Waals surface area (Å²) in [5, 5.41) is 12.1. The van der Waals surface area contributed by atoms with Crippen molar-refractivity contribution < 1.29 is 19.4 Å². The molecule has 0 radical (unpaired) electrons. The van der Waals surface area contributed by atoms with Gasteiger partial charge in [0, 0.05) is 31.9 Å². The summed E-state index contributed by atoms with van der Waals surface area (Å²) in [6.07, 6.45) is 3.08. The maximum Gasteiger partial charge on any atom is 0.333 e. The second kappa shape index (κ2) is 10.3. The minimum absolute atomic E-state index is 0.0944. The van der Waals surface area contributed by atoms with Crippen LogP contribution in [0.2, 0.25) is 0 Å². The first-order valence-electron chi connectivity index (χ1n) is 5.80. The Morgan fingerprint density at radius 1 is 1.47 bits per heavy atom. The SMILES string of the molecule is CCC(=CCNC(CCO)COC)C(=O)OC. The Morgan fingerprint density at radius 3 is 2.65 bits per heavy atom. The van der Waals surface area contributed by atoms with Crippen LogP contribution in [0.1, 0.15) is 19.8 Å². The largest absolute Gasteiger partial charge is 0.466 e. The molecule has 0 aliphatic carbocycles. The first-order valence-corrected chi connectivity index (χ1v) is 5.80. The highest BCUT2D eigenvalue weighted by atomic mass is 16.5. The second-order valence-corrected chi connectivity index (χ2v) is 3.65. The molecule has 1 atom stereocenters. The molecule has 0 saturated carbocycles. The first kappa shape index (κ1) is 16.1. The third-order valence-electron chi connectivity index (χ3n) is 2.43. The van der Waals surface area contributed by atoms with Crippen LogP contribution >= 0.6 is 0 Å². The summed E-state index contributed by atoms with van der Waals surface area (Å²) < 4.78 is 9.68. The van der Waals surface area contributed by atoms with E-state index in [1.54, 1.807) is 7.11 Å². The average Bonchev–Trinajstić information content (AvgIpc) is 2.34. The molecule has 0 spiro atoms. The molecule has 1 unspecified atom stereocenters. The fourth-order valence-electron chi connectivity index (χ4n) is 1.45. The zero-order valence-corrected chi connectivity index (χ0v) is 10.9. The van der Waals surface area contributed by atoms with Crippen LogP contribution in [0.4, 0.5) is 0 Å². The summed E-state index contributed by atoms with van der Waals surface area (Å²) in [5.74, 6) is -0.292. The summed E-state index contributed by atoms with van der Waals surface area (Å²) in [4.78, 5) is 11.3. The fraction of sp³-hybridized carbons (Fsp3) is 0.750. The minimum Gasteiger partial charge on any atom is -0.466 e. The van der Waals surface area contributed by atoms with E-state index in [2.05, 4.69) is 10.1 Å².